The molecule has 2 amide bonds. The van der Waals surface area contributed by atoms with E-state index in [4.69, 9.17) is 4.52 Å². The summed E-state index contributed by atoms with van der Waals surface area (Å²) < 4.78 is 5.33. The fraction of sp³-hybridized carbons (Fsp3) is 0.273. The average molecular weight is 390 g/mol. The number of carbonyl (C=O) groups excluding carboxylic acids is 2. The first-order valence-electron chi connectivity index (χ1n) is 9.60. The number of rotatable bonds is 7. The predicted octanol–water partition coefficient (Wildman–Crippen LogP) is 3.11. The number of nitrogens with zero attached hydrogens (tertiary/aromatic N) is 3. The highest BCUT2D eigenvalue weighted by atomic mass is 16.5. The lowest BCUT2D eigenvalue weighted by atomic mass is 10.1. The molecule has 0 aliphatic heterocycles. The first kappa shape index (κ1) is 18.9. The predicted molar refractivity (Wildman–Crippen MR) is 106 cm³/mol. The van der Waals surface area contributed by atoms with E-state index < -0.39 is 0 Å². The van der Waals surface area contributed by atoms with E-state index >= 15 is 0 Å². The van der Waals surface area contributed by atoms with Crippen LogP contribution in [0.4, 0.5) is 0 Å². The van der Waals surface area contributed by atoms with Gasteiger partial charge in [-0.3, -0.25) is 14.6 Å². The summed E-state index contributed by atoms with van der Waals surface area (Å²) in [4.78, 5) is 30.9. The van der Waals surface area contributed by atoms with Crippen LogP contribution in [0, 0.1) is 6.92 Å². The first-order chi connectivity index (χ1) is 14.1. The Balaban J connectivity index is 1.39. The van der Waals surface area contributed by atoms with E-state index in [-0.39, 0.29) is 30.1 Å². The van der Waals surface area contributed by atoms with Crippen molar-refractivity contribution in [1.29, 1.82) is 0 Å². The van der Waals surface area contributed by atoms with Crippen molar-refractivity contribution in [2.75, 3.05) is 0 Å². The molecule has 0 atom stereocenters. The van der Waals surface area contributed by atoms with Gasteiger partial charge in [0.15, 0.2) is 11.5 Å². The molecule has 3 aromatic rings. The van der Waals surface area contributed by atoms with E-state index in [1.165, 1.54) is 5.56 Å². The van der Waals surface area contributed by atoms with Crippen molar-refractivity contribution in [2.24, 2.45) is 0 Å². The van der Waals surface area contributed by atoms with Crippen LogP contribution in [0.5, 0.6) is 0 Å². The minimum absolute atomic E-state index is 0.0950. The molecule has 1 saturated carbocycles. The van der Waals surface area contributed by atoms with E-state index in [2.05, 4.69) is 15.5 Å². The smallest absolute Gasteiger partial charge is 0.273 e. The largest absolute Gasteiger partial charge is 0.359 e. The molecule has 4 rings (SSSR count). The fourth-order valence-electron chi connectivity index (χ4n) is 3.05. The lowest BCUT2D eigenvalue weighted by molar-refractivity contribution is 0.0712. The van der Waals surface area contributed by atoms with Gasteiger partial charge in [-0.15, -0.1) is 0 Å². The normalized spacial score (nSPS) is 13.1. The molecule has 0 bridgehead atoms. The zero-order valence-electron chi connectivity index (χ0n) is 16.2. The molecule has 0 spiro atoms. The maximum atomic E-state index is 12.8. The van der Waals surface area contributed by atoms with E-state index in [1.54, 1.807) is 35.5 Å². The number of aryl methyl sites for hydroxylation is 1. The van der Waals surface area contributed by atoms with Crippen LogP contribution in [-0.2, 0) is 13.1 Å². The molecule has 2 heterocycles. The summed E-state index contributed by atoms with van der Waals surface area (Å²) >= 11 is 0. The lowest BCUT2D eigenvalue weighted by Gasteiger charge is -2.20. The molecule has 0 unspecified atom stereocenters. The highest BCUT2D eigenvalue weighted by molar-refractivity contribution is 5.94. The molecule has 1 aliphatic carbocycles. The van der Waals surface area contributed by atoms with Crippen molar-refractivity contribution in [3.05, 3.63) is 83.0 Å². The van der Waals surface area contributed by atoms with Crippen LogP contribution >= 0.6 is 0 Å². The molecule has 0 radical (unpaired) electrons. The van der Waals surface area contributed by atoms with Crippen LogP contribution in [0.2, 0.25) is 0 Å². The van der Waals surface area contributed by atoms with Gasteiger partial charge in [0, 0.05) is 31.0 Å². The minimum Gasteiger partial charge on any atom is -0.359 e. The van der Waals surface area contributed by atoms with E-state index in [0.29, 0.717) is 17.9 Å². The van der Waals surface area contributed by atoms with E-state index in [0.717, 1.165) is 18.4 Å². The van der Waals surface area contributed by atoms with Gasteiger partial charge in [-0.1, -0.05) is 35.0 Å². The molecular weight excluding hydrogens is 368 g/mol. The third-order valence-electron chi connectivity index (χ3n) is 4.85. The summed E-state index contributed by atoms with van der Waals surface area (Å²) in [5.74, 6) is 0.0779. The molecule has 0 saturated heterocycles. The van der Waals surface area contributed by atoms with Crippen molar-refractivity contribution in [1.82, 2.24) is 20.4 Å². The molecule has 1 N–H and O–H groups in total. The molecular formula is C22H22N4O3. The SMILES string of the molecule is Cc1ccc(CNC(=O)c2cc(CN(C(=O)c3cccnc3)C3CC3)on2)cc1. The third kappa shape index (κ3) is 4.68. The second kappa shape index (κ2) is 8.26. The van der Waals surface area contributed by atoms with Gasteiger partial charge in [-0.25, -0.2) is 0 Å². The second-order valence-electron chi connectivity index (χ2n) is 7.25. The quantitative estimate of drug-likeness (QED) is 0.670. The fourth-order valence-corrected chi connectivity index (χ4v) is 3.05. The maximum Gasteiger partial charge on any atom is 0.273 e. The Labute approximate surface area is 168 Å². The van der Waals surface area contributed by atoms with Gasteiger partial charge in [0.2, 0.25) is 0 Å². The van der Waals surface area contributed by atoms with Gasteiger partial charge in [-0.2, -0.15) is 0 Å². The minimum atomic E-state index is -0.308. The number of amides is 2. The highest BCUT2D eigenvalue weighted by Crippen LogP contribution is 2.29. The summed E-state index contributed by atoms with van der Waals surface area (Å²) in [5.41, 5.74) is 2.92. The van der Waals surface area contributed by atoms with Gasteiger partial charge in [-0.05, 0) is 37.5 Å². The summed E-state index contributed by atoms with van der Waals surface area (Å²) in [6.07, 6.45) is 5.12. The van der Waals surface area contributed by atoms with Gasteiger partial charge < -0.3 is 14.7 Å². The summed E-state index contributed by atoms with van der Waals surface area (Å²) in [6.45, 7) is 2.70. The van der Waals surface area contributed by atoms with Crippen molar-refractivity contribution in [2.45, 2.75) is 38.9 Å². The molecule has 29 heavy (non-hydrogen) atoms. The maximum absolute atomic E-state index is 12.8. The summed E-state index contributed by atoms with van der Waals surface area (Å²) in [5, 5.41) is 6.70. The van der Waals surface area contributed by atoms with Gasteiger partial charge in [0.05, 0.1) is 12.1 Å². The molecule has 1 aliphatic rings. The van der Waals surface area contributed by atoms with Crippen LogP contribution in [0.3, 0.4) is 0 Å². The average Bonchev–Trinajstić information content (AvgIpc) is 3.49. The number of benzene rings is 1. The summed E-state index contributed by atoms with van der Waals surface area (Å²) in [7, 11) is 0. The Bertz CT molecular complexity index is 994. The zero-order valence-corrected chi connectivity index (χ0v) is 16.2. The number of hydrogen-bond donors (Lipinski definition) is 1. The van der Waals surface area contributed by atoms with Crippen LogP contribution < -0.4 is 5.32 Å². The summed E-state index contributed by atoms with van der Waals surface area (Å²) in [6, 6.07) is 13.2. The molecule has 1 aromatic carbocycles. The topological polar surface area (TPSA) is 88.3 Å². The number of pyridine rings is 1. The van der Waals surface area contributed by atoms with Crippen LogP contribution in [0.15, 0.2) is 59.4 Å². The van der Waals surface area contributed by atoms with Crippen molar-refractivity contribution >= 4 is 11.8 Å². The Kier molecular flexibility index (Phi) is 5.37. The zero-order chi connectivity index (χ0) is 20.2. The molecule has 7 nitrogen and oxygen atoms in total. The Morgan fingerprint density at radius 3 is 2.69 bits per heavy atom. The van der Waals surface area contributed by atoms with E-state index in [1.807, 2.05) is 31.2 Å². The van der Waals surface area contributed by atoms with Crippen LogP contribution in [-0.4, -0.2) is 32.9 Å². The van der Waals surface area contributed by atoms with Crippen LogP contribution in [0.1, 0.15) is 50.6 Å². The Morgan fingerprint density at radius 2 is 2.00 bits per heavy atom. The third-order valence-corrected chi connectivity index (χ3v) is 4.85. The molecule has 7 heteroatoms. The second-order valence-corrected chi connectivity index (χ2v) is 7.25. The van der Waals surface area contributed by atoms with Crippen molar-refractivity contribution in [3.8, 4) is 0 Å². The van der Waals surface area contributed by atoms with Crippen molar-refractivity contribution < 1.29 is 14.1 Å². The standard InChI is InChI=1S/C22H22N4O3/c1-15-4-6-16(7-5-15)12-24-21(27)20-11-19(29-25-20)14-26(18-8-9-18)22(28)17-3-2-10-23-13-17/h2-7,10-11,13,18H,8-9,12,14H2,1H3,(H,24,27). The lowest BCUT2D eigenvalue weighted by Crippen LogP contribution is -2.32. The number of hydrogen-bond acceptors (Lipinski definition) is 5. The van der Waals surface area contributed by atoms with Gasteiger partial charge in [0.25, 0.3) is 11.8 Å². The van der Waals surface area contributed by atoms with E-state index in [9.17, 15) is 9.59 Å². The first-order valence-corrected chi connectivity index (χ1v) is 9.60. The number of nitrogens with one attached hydrogen (secondary N) is 1. The Morgan fingerprint density at radius 1 is 1.21 bits per heavy atom. The van der Waals surface area contributed by atoms with Gasteiger partial charge >= 0.3 is 0 Å². The number of aromatic nitrogens is 2. The molecule has 1 fully saturated rings. The van der Waals surface area contributed by atoms with Gasteiger partial charge in [0.1, 0.15) is 0 Å². The van der Waals surface area contributed by atoms with Crippen LogP contribution in [0.25, 0.3) is 0 Å². The highest BCUT2D eigenvalue weighted by Gasteiger charge is 2.34. The monoisotopic (exact) mass is 390 g/mol. The van der Waals surface area contributed by atoms with Crippen molar-refractivity contribution in [3.63, 3.8) is 0 Å². The Hall–Kier alpha value is -3.48. The number of carbonyl (C=O) groups is 2. The molecule has 2 aromatic heterocycles. The molecule has 148 valence electrons.